The summed E-state index contributed by atoms with van der Waals surface area (Å²) in [4.78, 5) is 11.3. The van der Waals surface area contributed by atoms with Crippen molar-refractivity contribution in [2.75, 3.05) is 12.4 Å². The van der Waals surface area contributed by atoms with E-state index in [9.17, 15) is 14.3 Å². The number of benzene rings is 1. The maximum Gasteiger partial charge on any atom is 0.255 e. The maximum absolute atomic E-state index is 12.7. The molecule has 76 valence electrons. The fourth-order valence-electron chi connectivity index (χ4n) is 0.946. The largest absolute Gasteiger partial charge is 0.507 e. The number of carbonyl (C=O) groups is 1. The van der Waals surface area contributed by atoms with Crippen molar-refractivity contribution in [1.29, 1.82) is 0 Å². The number of alkyl halides is 1. The molecule has 0 bridgehead atoms. The molecule has 14 heavy (non-hydrogen) atoms. The van der Waals surface area contributed by atoms with Gasteiger partial charge in [-0.15, -0.1) is 11.6 Å². The fourth-order valence-corrected chi connectivity index (χ4v) is 1.04. The molecular formula is C9H9ClFNO2. The van der Waals surface area contributed by atoms with Crippen LogP contribution in [0.3, 0.4) is 0 Å². The molecule has 0 spiro atoms. The zero-order chi connectivity index (χ0) is 10.6. The number of amides is 1. The van der Waals surface area contributed by atoms with Crippen LogP contribution in [0.25, 0.3) is 0 Å². The third-order valence-electron chi connectivity index (χ3n) is 1.58. The summed E-state index contributed by atoms with van der Waals surface area (Å²) >= 11 is 5.35. The van der Waals surface area contributed by atoms with Gasteiger partial charge in [0.05, 0.1) is 5.56 Å². The summed E-state index contributed by atoms with van der Waals surface area (Å²) in [6, 6.07) is 3.18. The van der Waals surface area contributed by atoms with Crippen LogP contribution >= 0.6 is 11.6 Å². The van der Waals surface area contributed by atoms with E-state index in [1.807, 2.05) is 0 Å². The van der Waals surface area contributed by atoms with Crippen molar-refractivity contribution in [2.45, 2.75) is 0 Å². The number of phenolic OH excluding ortho intramolecular Hbond substituents is 1. The van der Waals surface area contributed by atoms with E-state index in [2.05, 4.69) is 5.32 Å². The van der Waals surface area contributed by atoms with E-state index < -0.39 is 11.7 Å². The molecule has 1 aromatic rings. The SMILES string of the molecule is O=C(NCCCl)c1cc(F)ccc1O. The highest BCUT2D eigenvalue weighted by atomic mass is 35.5. The minimum Gasteiger partial charge on any atom is -0.507 e. The summed E-state index contributed by atoms with van der Waals surface area (Å²) in [5.41, 5.74) is -0.0879. The monoisotopic (exact) mass is 217 g/mol. The fraction of sp³-hybridized carbons (Fsp3) is 0.222. The Morgan fingerprint density at radius 2 is 2.29 bits per heavy atom. The number of halogens is 2. The number of aromatic hydroxyl groups is 1. The van der Waals surface area contributed by atoms with E-state index in [4.69, 9.17) is 11.6 Å². The van der Waals surface area contributed by atoms with E-state index >= 15 is 0 Å². The van der Waals surface area contributed by atoms with Crippen LogP contribution in [0, 0.1) is 5.82 Å². The molecule has 0 fully saturated rings. The molecule has 0 aliphatic heterocycles. The first-order valence-electron chi connectivity index (χ1n) is 3.98. The molecule has 0 saturated heterocycles. The van der Waals surface area contributed by atoms with Gasteiger partial charge < -0.3 is 10.4 Å². The normalized spacial score (nSPS) is 9.86. The molecule has 1 amide bonds. The van der Waals surface area contributed by atoms with E-state index in [1.165, 1.54) is 0 Å². The molecular weight excluding hydrogens is 209 g/mol. The Kier molecular flexibility index (Phi) is 3.71. The topological polar surface area (TPSA) is 49.3 Å². The minimum atomic E-state index is -0.571. The Labute approximate surface area is 85.5 Å². The third-order valence-corrected chi connectivity index (χ3v) is 1.77. The second-order valence-electron chi connectivity index (χ2n) is 2.61. The Morgan fingerprint density at radius 1 is 1.57 bits per heavy atom. The number of hydrogen-bond donors (Lipinski definition) is 2. The van der Waals surface area contributed by atoms with E-state index in [0.29, 0.717) is 0 Å². The second-order valence-corrected chi connectivity index (χ2v) is 2.98. The quantitative estimate of drug-likeness (QED) is 0.754. The number of phenols is 1. The summed E-state index contributed by atoms with van der Waals surface area (Å²) in [6.07, 6.45) is 0. The van der Waals surface area contributed by atoms with Crippen LogP contribution < -0.4 is 5.32 Å². The van der Waals surface area contributed by atoms with Gasteiger partial charge in [0.25, 0.3) is 5.91 Å². The molecule has 0 saturated carbocycles. The number of nitrogens with one attached hydrogen (secondary N) is 1. The zero-order valence-electron chi connectivity index (χ0n) is 7.26. The van der Waals surface area contributed by atoms with Crippen LogP contribution in [0.5, 0.6) is 5.75 Å². The molecule has 0 atom stereocenters. The molecule has 0 aromatic heterocycles. The molecule has 0 aliphatic carbocycles. The summed E-state index contributed by atoms with van der Waals surface area (Å²) in [6.45, 7) is 0.274. The van der Waals surface area contributed by atoms with Gasteiger partial charge in [0.2, 0.25) is 0 Å². The summed E-state index contributed by atoms with van der Waals surface area (Å²) in [5.74, 6) is -1.10. The average Bonchev–Trinajstić information content (AvgIpc) is 2.18. The lowest BCUT2D eigenvalue weighted by Gasteiger charge is -2.04. The molecule has 1 aromatic carbocycles. The molecule has 2 N–H and O–H groups in total. The van der Waals surface area contributed by atoms with E-state index in [1.54, 1.807) is 0 Å². The number of rotatable bonds is 3. The van der Waals surface area contributed by atoms with Crippen LogP contribution in [-0.2, 0) is 0 Å². The van der Waals surface area contributed by atoms with Crippen molar-refractivity contribution in [3.8, 4) is 5.75 Å². The predicted octanol–water partition coefficient (Wildman–Crippen LogP) is 1.50. The van der Waals surface area contributed by atoms with Crippen molar-refractivity contribution in [3.63, 3.8) is 0 Å². The first kappa shape index (κ1) is 10.8. The summed E-state index contributed by atoms with van der Waals surface area (Å²) in [5, 5.41) is 11.7. The van der Waals surface area contributed by atoms with Gasteiger partial charge in [0, 0.05) is 12.4 Å². The molecule has 0 unspecified atom stereocenters. The Balaban J connectivity index is 2.83. The molecule has 0 aliphatic rings. The minimum absolute atomic E-state index is 0.0879. The first-order chi connectivity index (χ1) is 6.65. The molecule has 1 rings (SSSR count). The van der Waals surface area contributed by atoms with Gasteiger partial charge in [0.1, 0.15) is 11.6 Å². The van der Waals surface area contributed by atoms with Crippen LogP contribution in [0.2, 0.25) is 0 Å². The van der Waals surface area contributed by atoms with Crippen molar-refractivity contribution >= 4 is 17.5 Å². The lowest BCUT2D eigenvalue weighted by atomic mass is 10.2. The van der Waals surface area contributed by atoms with Gasteiger partial charge in [-0.1, -0.05) is 0 Å². The lowest BCUT2D eigenvalue weighted by molar-refractivity contribution is 0.0953. The predicted molar refractivity (Wildman–Crippen MR) is 51.1 cm³/mol. The van der Waals surface area contributed by atoms with Crippen molar-refractivity contribution in [2.24, 2.45) is 0 Å². The molecule has 0 radical (unpaired) electrons. The van der Waals surface area contributed by atoms with Crippen molar-refractivity contribution in [3.05, 3.63) is 29.6 Å². The number of carbonyl (C=O) groups excluding carboxylic acids is 1. The zero-order valence-corrected chi connectivity index (χ0v) is 8.01. The molecule has 3 nitrogen and oxygen atoms in total. The Morgan fingerprint density at radius 3 is 2.93 bits per heavy atom. The van der Waals surface area contributed by atoms with Crippen LogP contribution in [0.4, 0.5) is 4.39 Å². The summed E-state index contributed by atoms with van der Waals surface area (Å²) < 4.78 is 12.7. The molecule has 5 heteroatoms. The summed E-state index contributed by atoms with van der Waals surface area (Å²) in [7, 11) is 0. The van der Waals surface area contributed by atoms with Crippen molar-refractivity contribution in [1.82, 2.24) is 5.32 Å². The Hall–Kier alpha value is -1.29. The standard InChI is InChI=1S/C9H9ClFNO2/c10-3-4-12-9(14)7-5-6(11)1-2-8(7)13/h1-2,5,13H,3-4H2,(H,12,14). The van der Waals surface area contributed by atoms with Gasteiger partial charge >= 0.3 is 0 Å². The van der Waals surface area contributed by atoms with Crippen LogP contribution in [-0.4, -0.2) is 23.4 Å². The highest BCUT2D eigenvalue weighted by Gasteiger charge is 2.10. The first-order valence-corrected chi connectivity index (χ1v) is 4.51. The Bertz CT molecular complexity index is 344. The highest BCUT2D eigenvalue weighted by Crippen LogP contribution is 2.17. The second kappa shape index (κ2) is 4.81. The smallest absolute Gasteiger partial charge is 0.255 e. The third kappa shape index (κ3) is 2.60. The van der Waals surface area contributed by atoms with Gasteiger partial charge in [-0.2, -0.15) is 0 Å². The number of hydrogen-bond acceptors (Lipinski definition) is 2. The maximum atomic E-state index is 12.7. The van der Waals surface area contributed by atoms with Gasteiger partial charge in [0.15, 0.2) is 0 Å². The lowest BCUT2D eigenvalue weighted by Crippen LogP contribution is -2.25. The average molecular weight is 218 g/mol. The van der Waals surface area contributed by atoms with Gasteiger partial charge in [-0.25, -0.2) is 4.39 Å². The van der Waals surface area contributed by atoms with E-state index in [0.717, 1.165) is 18.2 Å². The van der Waals surface area contributed by atoms with Gasteiger partial charge in [-0.3, -0.25) is 4.79 Å². The van der Waals surface area contributed by atoms with Crippen molar-refractivity contribution < 1.29 is 14.3 Å². The van der Waals surface area contributed by atoms with Crippen LogP contribution in [0.15, 0.2) is 18.2 Å². The van der Waals surface area contributed by atoms with Crippen LogP contribution in [0.1, 0.15) is 10.4 Å². The molecule has 0 heterocycles. The van der Waals surface area contributed by atoms with E-state index in [-0.39, 0.29) is 23.7 Å². The van der Waals surface area contributed by atoms with Gasteiger partial charge in [-0.05, 0) is 18.2 Å². The highest BCUT2D eigenvalue weighted by molar-refractivity contribution is 6.18.